The van der Waals surface area contributed by atoms with E-state index in [1.807, 2.05) is 6.92 Å². The summed E-state index contributed by atoms with van der Waals surface area (Å²) in [5.74, 6) is 0.109. The van der Waals surface area contributed by atoms with Crippen LogP contribution in [0.1, 0.15) is 43.7 Å². The third-order valence-corrected chi connectivity index (χ3v) is 3.69. The van der Waals surface area contributed by atoms with E-state index < -0.39 is 0 Å². The van der Waals surface area contributed by atoms with Crippen LogP contribution < -0.4 is 5.32 Å². The number of piperidine rings is 1. The third kappa shape index (κ3) is 4.67. The van der Waals surface area contributed by atoms with Crippen LogP contribution in [-0.2, 0) is 17.9 Å². The second-order valence-corrected chi connectivity index (χ2v) is 5.28. The van der Waals surface area contributed by atoms with Crippen molar-refractivity contribution in [3.8, 4) is 0 Å². The van der Waals surface area contributed by atoms with E-state index in [0.717, 1.165) is 6.54 Å². The van der Waals surface area contributed by atoms with Gasteiger partial charge in [0.2, 0.25) is 5.91 Å². The van der Waals surface area contributed by atoms with Crippen molar-refractivity contribution in [2.24, 2.45) is 0 Å². The van der Waals surface area contributed by atoms with Gasteiger partial charge in [-0.05, 0) is 37.1 Å². The summed E-state index contributed by atoms with van der Waals surface area (Å²) in [6, 6.07) is 8.61. The number of carbonyl (C=O) groups excluding carboxylic acids is 1. The lowest BCUT2D eigenvalue weighted by Crippen LogP contribution is -2.29. The molecule has 104 valence electrons. The highest BCUT2D eigenvalue weighted by Crippen LogP contribution is 2.13. The summed E-state index contributed by atoms with van der Waals surface area (Å²) >= 11 is 0. The molecular weight excluding hydrogens is 236 g/mol. The molecule has 19 heavy (non-hydrogen) atoms. The van der Waals surface area contributed by atoms with Crippen LogP contribution >= 0.6 is 0 Å². The van der Waals surface area contributed by atoms with Gasteiger partial charge in [0.25, 0.3) is 0 Å². The number of carbonyl (C=O) groups is 1. The standard InChI is InChI=1S/C16H24N2O/c1-2-16(19)17-12-14-6-8-15(9-7-14)13-18-10-4-3-5-11-18/h6-9H,2-5,10-13H2,1H3,(H,17,19). The SMILES string of the molecule is CCC(=O)NCc1ccc(CN2CCCCC2)cc1. The van der Waals surface area contributed by atoms with Crippen LogP contribution in [0.25, 0.3) is 0 Å². The Bertz CT molecular complexity index is 394. The molecular formula is C16H24N2O. The molecule has 0 radical (unpaired) electrons. The molecule has 0 aromatic heterocycles. The topological polar surface area (TPSA) is 32.3 Å². The van der Waals surface area contributed by atoms with Crippen molar-refractivity contribution in [1.82, 2.24) is 10.2 Å². The van der Waals surface area contributed by atoms with Crippen LogP contribution in [0.2, 0.25) is 0 Å². The average molecular weight is 260 g/mol. The van der Waals surface area contributed by atoms with Crippen LogP contribution in [0.5, 0.6) is 0 Å². The molecule has 0 spiro atoms. The molecule has 0 unspecified atom stereocenters. The van der Waals surface area contributed by atoms with Gasteiger partial charge in [0.15, 0.2) is 0 Å². The van der Waals surface area contributed by atoms with Crippen molar-refractivity contribution in [1.29, 1.82) is 0 Å². The minimum atomic E-state index is 0.109. The van der Waals surface area contributed by atoms with Crippen LogP contribution in [-0.4, -0.2) is 23.9 Å². The fraction of sp³-hybridized carbons (Fsp3) is 0.562. The molecule has 1 aromatic rings. The maximum Gasteiger partial charge on any atom is 0.219 e. The highest BCUT2D eigenvalue weighted by atomic mass is 16.1. The molecule has 1 amide bonds. The van der Waals surface area contributed by atoms with Gasteiger partial charge in [-0.1, -0.05) is 37.6 Å². The quantitative estimate of drug-likeness (QED) is 0.883. The first-order valence-electron chi connectivity index (χ1n) is 7.35. The second kappa shape index (κ2) is 7.29. The summed E-state index contributed by atoms with van der Waals surface area (Å²) in [7, 11) is 0. The highest BCUT2D eigenvalue weighted by Gasteiger charge is 2.10. The molecule has 1 heterocycles. The van der Waals surface area contributed by atoms with Crippen LogP contribution in [0.3, 0.4) is 0 Å². The van der Waals surface area contributed by atoms with Crippen LogP contribution in [0.15, 0.2) is 24.3 Å². The average Bonchev–Trinajstić information content (AvgIpc) is 2.47. The Labute approximate surface area is 116 Å². The number of nitrogens with one attached hydrogen (secondary N) is 1. The fourth-order valence-corrected chi connectivity index (χ4v) is 2.46. The van der Waals surface area contributed by atoms with Crippen molar-refractivity contribution in [2.75, 3.05) is 13.1 Å². The Hall–Kier alpha value is -1.35. The molecule has 1 aliphatic heterocycles. The van der Waals surface area contributed by atoms with Crippen LogP contribution in [0, 0.1) is 0 Å². The van der Waals surface area contributed by atoms with E-state index in [0.29, 0.717) is 13.0 Å². The monoisotopic (exact) mass is 260 g/mol. The lowest BCUT2D eigenvalue weighted by Gasteiger charge is -2.26. The zero-order chi connectivity index (χ0) is 13.5. The molecule has 0 saturated carbocycles. The lowest BCUT2D eigenvalue weighted by molar-refractivity contribution is -0.120. The van der Waals surface area contributed by atoms with Gasteiger partial charge in [0.1, 0.15) is 0 Å². The molecule has 1 fully saturated rings. The summed E-state index contributed by atoms with van der Waals surface area (Å²) in [4.78, 5) is 13.7. The first-order chi connectivity index (χ1) is 9.28. The predicted octanol–water partition coefficient (Wildman–Crippen LogP) is 2.70. The second-order valence-electron chi connectivity index (χ2n) is 5.28. The Morgan fingerprint density at radius 3 is 2.37 bits per heavy atom. The Kier molecular flexibility index (Phi) is 5.40. The van der Waals surface area contributed by atoms with E-state index in [4.69, 9.17) is 0 Å². The summed E-state index contributed by atoms with van der Waals surface area (Å²) in [5.41, 5.74) is 2.54. The van der Waals surface area contributed by atoms with Gasteiger partial charge in [-0.25, -0.2) is 0 Å². The zero-order valence-corrected chi connectivity index (χ0v) is 11.8. The van der Waals surface area contributed by atoms with E-state index in [1.54, 1.807) is 0 Å². The van der Waals surface area contributed by atoms with Crippen molar-refractivity contribution >= 4 is 5.91 Å². The molecule has 1 aliphatic rings. The first kappa shape index (κ1) is 14.1. The molecule has 3 heteroatoms. The van der Waals surface area contributed by atoms with Gasteiger partial charge in [-0.3, -0.25) is 9.69 Å². The first-order valence-corrected chi connectivity index (χ1v) is 7.35. The Balaban J connectivity index is 1.82. The van der Waals surface area contributed by atoms with E-state index in [-0.39, 0.29) is 5.91 Å². The molecule has 1 aromatic carbocycles. The van der Waals surface area contributed by atoms with Crippen molar-refractivity contribution < 1.29 is 4.79 Å². The number of nitrogens with zero attached hydrogens (tertiary/aromatic N) is 1. The van der Waals surface area contributed by atoms with Crippen molar-refractivity contribution in [2.45, 2.75) is 45.7 Å². The van der Waals surface area contributed by atoms with Crippen LogP contribution in [0.4, 0.5) is 0 Å². The smallest absolute Gasteiger partial charge is 0.219 e. The molecule has 1 saturated heterocycles. The van der Waals surface area contributed by atoms with Gasteiger partial charge >= 0.3 is 0 Å². The highest BCUT2D eigenvalue weighted by molar-refractivity contribution is 5.75. The minimum Gasteiger partial charge on any atom is -0.352 e. The summed E-state index contributed by atoms with van der Waals surface area (Å²) < 4.78 is 0. The zero-order valence-electron chi connectivity index (χ0n) is 11.8. The summed E-state index contributed by atoms with van der Waals surface area (Å²) in [5, 5.41) is 2.90. The number of benzene rings is 1. The number of rotatable bonds is 5. The molecule has 0 aliphatic carbocycles. The summed E-state index contributed by atoms with van der Waals surface area (Å²) in [6.07, 6.45) is 4.60. The van der Waals surface area contributed by atoms with E-state index in [2.05, 4.69) is 34.5 Å². The number of hydrogen-bond acceptors (Lipinski definition) is 2. The minimum absolute atomic E-state index is 0.109. The maximum absolute atomic E-state index is 11.2. The van der Waals surface area contributed by atoms with E-state index in [1.165, 1.54) is 43.5 Å². The number of amides is 1. The molecule has 2 rings (SSSR count). The predicted molar refractivity (Wildman–Crippen MR) is 77.7 cm³/mol. The van der Waals surface area contributed by atoms with Gasteiger partial charge in [0.05, 0.1) is 0 Å². The molecule has 3 nitrogen and oxygen atoms in total. The number of hydrogen-bond donors (Lipinski definition) is 1. The Morgan fingerprint density at radius 1 is 1.11 bits per heavy atom. The largest absolute Gasteiger partial charge is 0.352 e. The number of likely N-dealkylation sites (tertiary alicyclic amines) is 1. The van der Waals surface area contributed by atoms with E-state index >= 15 is 0 Å². The Morgan fingerprint density at radius 2 is 1.74 bits per heavy atom. The molecule has 1 N–H and O–H groups in total. The summed E-state index contributed by atoms with van der Waals surface area (Å²) in [6.45, 7) is 6.03. The maximum atomic E-state index is 11.2. The fourth-order valence-electron chi connectivity index (χ4n) is 2.46. The van der Waals surface area contributed by atoms with Gasteiger partial charge in [-0.2, -0.15) is 0 Å². The van der Waals surface area contributed by atoms with E-state index in [9.17, 15) is 4.79 Å². The van der Waals surface area contributed by atoms with Gasteiger partial charge in [0, 0.05) is 19.5 Å². The van der Waals surface area contributed by atoms with Crippen molar-refractivity contribution in [3.05, 3.63) is 35.4 Å². The normalized spacial score (nSPS) is 16.3. The third-order valence-electron chi connectivity index (χ3n) is 3.69. The van der Waals surface area contributed by atoms with Gasteiger partial charge < -0.3 is 5.32 Å². The van der Waals surface area contributed by atoms with Gasteiger partial charge in [-0.15, -0.1) is 0 Å². The van der Waals surface area contributed by atoms with Crippen molar-refractivity contribution in [3.63, 3.8) is 0 Å². The lowest BCUT2D eigenvalue weighted by atomic mass is 10.1. The molecule has 0 atom stereocenters. The molecule has 0 bridgehead atoms.